The number of carbonyl (C=O) groups excluding carboxylic acids is 1. The maximum atomic E-state index is 13.1. The highest BCUT2D eigenvalue weighted by Crippen LogP contribution is 2.33. The van der Waals surface area contributed by atoms with Crippen LogP contribution in [0, 0.1) is 0 Å². The number of ether oxygens (including phenoxy) is 1. The average Bonchev–Trinajstić information content (AvgIpc) is 2.79. The molecule has 2 rings (SSSR count). The van der Waals surface area contributed by atoms with Crippen LogP contribution in [0.4, 0.5) is 13.6 Å². The quantitative estimate of drug-likeness (QED) is 0.604. The highest BCUT2D eigenvalue weighted by atomic mass is 19.3. The van der Waals surface area contributed by atoms with Crippen molar-refractivity contribution < 1.29 is 23.4 Å². The number of hydrogen-bond donors (Lipinski definition) is 4. The molecule has 0 unspecified atom stereocenters. The van der Waals surface area contributed by atoms with Gasteiger partial charge >= 0.3 is 6.03 Å². The van der Waals surface area contributed by atoms with E-state index in [1.165, 1.54) is 0 Å². The molecule has 4 N–H and O–H groups in total. The Morgan fingerprint density at radius 3 is 2.61 bits per heavy atom. The van der Waals surface area contributed by atoms with Gasteiger partial charge in [0.05, 0.1) is 18.8 Å². The van der Waals surface area contributed by atoms with Gasteiger partial charge in [-0.25, -0.2) is 13.6 Å². The van der Waals surface area contributed by atoms with Crippen LogP contribution in [0.2, 0.25) is 0 Å². The van der Waals surface area contributed by atoms with Crippen LogP contribution < -0.4 is 16.0 Å². The number of hydrogen-bond acceptors (Lipinski definition) is 4. The molecule has 0 spiro atoms. The number of amides is 2. The molecule has 2 aliphatic rings. The summed E-state index contributed by atoms with van der Waals surface area (Å²) in [7, 11) is 0. The summed E-state index contributed by atoms with van der Waals surface area (Å²) < 4.78 is 31.8. The zero-order valence-corrected chi connectivity index (χ0v) is 13.6. The second-order valence-corrected chi connectivity index (χ2v) is 6.77. The third-order valence-electron chi connectivity index (χ3n) is 4.33. The Morgan fingerprint density at radius 1 is 1.35 bits per heavy atom. The molecule has 0 bridgehead atoms. The van der Waals surface area contributed by atoms with E-state index in [2.05, 4.69) is 16.0 Å². The predicted molar refractivity (Wildman–Crippen MR) is 81.5 cm³/mol. The van der Waals surface area contributed by atoms with Crippen LogP contribution in [0.1, 0.15) is 39.5 Å². The van der Waals surface area contributed by atoms with E-state index in [0.29, 0.717) is 19.4 Å². The van der Waals surface area contributed by atoms with Crippen LogP contribution in [0.15, 0.2) is 0 Å². The van der Waals surface area contributed by atoms with Gasteiger partial charge in [-0.05, 0) is 26.7 Å². The standard InChI is InChI=1S/C15H27F2N3O3/c1-9(2)19-14(22)18-7-12-13(21)11(8-23-12)20-10-3-5-15(16,17)6-4-10/h9-13,20-21H,3-8H2,1-2H3,(H2,18,19,22)/t11-,12-,13+/m1/s1. The van der Waals surface area contributed by atoms with Crippen LogP contribution in [0.5, 0.6) is 0 Å². The van der Waals surface area contributed by atoms with Crippen molar-refractivity contribution in [3.8, 4) is 0 Å². The number of halogens is 2. The molecule has 23 heavy (non-hydrogen) atoms. The van der Waals surface area contributed by atoms with E-state index in [-0.39, 0.29) is 43.5 Å². The lowest BCUT2D eigenvalue weighted by Gasteiger charge is -2.31. The van der Waals surface area contributed by atoms with E-state index in [0.717, 1.165) is 0 Å². The van der Waals surface area contributed by atoms with Gasteiger partial charge in [0.1, 0.15) is 6.10 Å². The normalized spacial score (nSPS) is 31.3. The number of urea groups is 1. The lowest BCUT2D eigenvalue weighted by molar-refractivity contribution is -0.0421. The third-order valence-corrected chi connectivity index (χ3v) is 4.33. The third kappa shape index (κ3) is 5.54. The number of rotatable bonds is 5. The summed E-state index contributed by atoms with van der Waals surface area (Å²) in [5.74, 6) is -2.56. The molecule has 2 amide bonds. The number of aliphatic hydroxyl groups is 1. The lowest BCUT2D eigenvalue weighted by atomic mass is 9.91. The summed E-state index contributed by atoms with van der Waals surface area (Å²) in [6.45, 7) is 4.23. The first-order valence-corrected chi connectivity index (χ1v) is 8.25. The molecule has 3 atom stereocenters. The zero-order chi connectivity index (χ0) is 17.0. The van der Waals surface area contributed by atoms with E-state index in [1.807, 2.05) is 13.8 Å². The van der Waals surface area contributed by atoms with Crippen molar-refractivity contribution in [2.24, 2.45) is 0 Å². The van der Waals surface area contributed by atoms with E-state index in [9.17, 15) is 18.7 Å². The summed E-state index contributed by atoms with van der Waals surface area (Å²) in [5, 5.41) is 18.8. The SMILES string of the molecule is CC(C)NC(=O)NC[C@H]1OC[C@@H](NC2CCC(F)(F)CC2)[C@@H]1O. The average molecular weight is 335 g/mol. The Hall–Kier alpha value is -0.990. The molecular formula is C15H27F2N3O3. The molecule has 0 aromatic rings. The molecule has 1 aliphatic heterocycles. The summed E-state index contributed by atoms with van der Waals surface area (Å²) in [6.07, 6.45) is -0.692. The van der Waals surface area contributed by atoms with Crippen LogP contribution in [-0.4, -0.2) is 60.5 Å². The Bertz CT molecular complexity index is 399. The fraction of sp³-hybridized carbons (Fsp3) is 0.933. The number of carbonyl (C=O) groups is 1. The van der Waals surface area contributed by atoms with E-state index in [4.69, 9.17) is 4.74 Å². The molecule has 8 heteroatoms. The molecule has 6 nitrogen and oxygen atoms in total. The minimum absolute atomic E-state index is 0.0196. The van der Waals surface area contributed by atoms with Crippen molar-refractivity contribution in [2.75, 3.05) is 13.2 Å². The molecular weight excluding hydrogens is 308 g/mol. The second-order valence-electron chi connectivity index (χ2n) is 6.77. The van der Waals surface area contributed by atoms with Crippen molar-refractivity contribution in [1.29, 1.82) is 0 Å². The van der Waals surface area contributed by atoms with Crippen LogP contribution >= 0.6 is 0 Å². The van der Waals surface area contributed by atoms with Gasteiger partial charge in [-0.15, -0.1) is 0 Å². The van der Waals surface area contributed by atoms with Crippen LogP contribution in [0.25, 0.3) is 0 Å². The minimum Gasteiger partial charge on any atom is -0.389 e. The van der Waals surface area contributed by atoms with Crippen molar-refractivity contribution in [3.63, 3.8) is 0 Å². The van der Waals surface area contributed by atoms with E-state index in [1.54, 1.807) is 0 Å². The number of nitrogens with one attached hydrogen (secondary N) is 3. The Balaban J connectivity index is 1.71. The van der Waals surface area contributed by atoms with Gasteiger partial charge in [-0.2, -0.15) is 0 Å². The predicted octanol–water partition coefficient (Wildman–Crippen LogP) is 0.990. The molecule has 0 aromatic heterocycles. The van der Waals surface area contributed by atoms with Gasteiger partial charge in [-0.3, -0.25) is 0 Å². The molecule has 1 aliphatic carbocycles. The minimum atomic E-state index is -2.56. The smallest absolute Gasteiger partial charge is 0.315 e. The van der Waals surface area contributed by atoms with Crippen molar-refractivity contribution in [2.45, 2.75) is 75.8 Å². The maximum Gasteiger partial charge on any atom is 0.315 e. The van der Waals surface area contributed by atoms with E-state index >= 15 is 0 Å². The topological polar surface area (TPSA) is 82.6 Å². The highest BCUT2D eigenvalue weighted by Gasteiger charge is 2.40. The monoisotopic (exact) mass is 335 g/mol. The van der Waals surface area contributed by atoms with Crippen molar-refractivity contribution in [1.82, 2.24) is 16.0 Å². The fourth-order valence-electron chi connectivity index (χ4n) is 3.03. The van der Waals surface area contributed by atoms with Crippen LogP contribution in [-0.2, 0) is 4.74 Å². The second kappa shape index (κ2) is 7.72. The van der Waals surface area contributed by atoms with Gasteiger partial charge < -0.3 is 25.8 Å². The number of aliphatic hydroxyl groups excluding tert-OH is 1. The van der Waals surface area contributed by atoms with Gasteiger partial charge in [-0.1, -0.05) is 0 Å². The summed E-state index contributed by atoms with van der Waals surface area (Å²) in [6, 6.07) is -0.578. The van der Waals surface area contributed by atoms with Gasteiger partial charge in [0, 0.05) is 31.5 Å². The summed E-state index contributed by atoms with van der Waals surface area (Å²) >= 11 is 0. The first-order chi connectivity index (χ1) is 10.8. The first-order valence-electron chi connectivity index (χ1n) is 8.25. The molecule has 0 aromatic carbocycles. The van der Waals surface area contributed by atoms with Crippen molar-refractivity contribution >= 4 is 6.03 Å². The van der Waals surface area contributed by atoms with Gasteiger partial charge in [0.2, 0.25) is 5.92 Å². The lowest BCUT2D eigenvalue weighted by Crippen LogP contribution is -2.50. The molecule has 1 saturated carbocycles. The van der Waals surface area contributed by atoms with Crippen LogP contribution in [0.3, 0.4) is 0 Å². The maximum absolute atomic E-state index is 13.1. The zero-order valence-electron chi connectivity index (χ0n) is 13.6. The number of alkyl halides is 2. The largest absolute Gasteiger partial charge is 0.389 e. The van der Waals surface area contributed by atoms with Gasteiger partial charge in [0.15, 0.2) is 0 Å². The summed E-state index contributed by atoms with van der Waals surface area (Å²) in [5.41, 5.74) is 0. The van der Waals surface area contributed by atoms with Crippen molar-refractivity contribution in [3.05, 3.63) is 0 Å². The Kier molecular flexibility index (Phi) is 6.16. The fourth-order valence-corrected chi connectivity index (χ4v) is 3.03. The first kappa shape index (κ1) is 18.4. The Morgan fingerprint density at radius 2 is 2.00 bits per heavy atom. The molecule has 134 valence electrons. The molecule has 1 saturated heterocycles. The Labute approximate surface area is 135 Å². The summed E-state index contributed by atoms with van der Waals surface area (Å²) in [4.78, 5) is 11.5. The van der Waals surface area contributed by atoms with E-state index < -0.39 is 18.1 Å². The van der Waals surface area contributed by atoms with Gasteiger partial charge in [0.25, 0.3) is 0 Å². The molecule has 1 heterocycles. The molecule has 0 radical (unpaired) electrons. The molecule has 2 fully saturated rings. The highest BCUT2D eigenvalue weighted by molar-refractivity contribution is 5.74.